The van der Waals surface area contributed by atoms with Crippen LogP contribution in [-0.2, 0) is 4.74 Å². The zero-order valence-corrected chi connectivity index (χ0v) is 11.0. The average Bonchev–Trinajstić information content (AvgIpc) is 3.10. The molecule has 1 N–H and O–H groups in total. The van der Waals surface area contributed by atoms with Crippen molar-refractivity contribution >= 4 is 34.9 Å². The Balaban J connectivity index is 1.99. The highest BCUT2D eigenvalue weighted by Gasteiger charge is 2.33. The third-order valence-electron chi connectivity index (χ3n) is 3.21. The van der Waals surface area contributed by atoms with E-state index in [2.05, 4.69) is 0 Å². The Morgan fingerprint density at radius 3 is 2.82 bits per heavy atom. The quantitative estimate of drug-likeness (QED) is 0.614. The maximum atomic E-state index is 13.9. The van der Waals surface area contributed by atoms with Gasteiger partial charge in [-0.25, -0.2) is 4.39 Å². The number of ether oxygens (including phenoxy) is 1. The number of hydrogen-bond acceptors (Lipinski definition) is 3. The number of hydrogen-bond donors (Lipinski definition) is 1. The summed E-state index contributed by atoms with van der Waals surface area (Å²) in [6.45, 7) is 0.571. The number of rotatable bonds is 5. The molecule has 0 amide bonds. The highest BCUT2D eigenvalue weighted by atomic mass is 35.5. The lowest BCUT2D eigenvalue weighted by Gasteiger charge is -2.26. The first kappa shape index (κ1) is 13.0. The molecule has 2 nitrogen and oxygen atoms in total. The van der Waals surface area contributed by atoms with Gasteiger partial charge >= 0.3 is 0 Å². The minimum absolute atomic E-state index is 0.205. The molecule has 0 saturated heterocycles. The van der Waals surface area contributed by atoms with Gasteiger partial charge in [-0.1, -0.05) is 23.8 Å². The van der Waals surface area contributed by atoms with Gasteiger partial charge in [-0.2, -0.15) is 0 Å². The van der Waals surface area contributed by atoms with Crippen LogP contribution in [0.25, 0.3) is 0 Å². The van der Waals surface area contributed by atoms with E-state index in [4.69, 9.17) is 34.0 Å². The first-order chi connectivity index (χ1) is 8.11. The topological polar surface area (TPSA) is 33.1 Å². The summed E-state index contributed by atoms with van der Waals surface area (Å²) in [6.07, 6.45) is 1.85. The van der Waals surface area contributed by atoms with Gasteiger partial charge in [0.05, 0.1) is 11.6 Å². The normalized spacial score (nSPS) is 29.1. The zero-order chi connectivity index (χ0) is 12.4. The molecule has 0 bridgehead atoms. The van der Waals surface area contributed by atoms with E-state index >= 15 is 0 Å². The Morgan fingerprint density at radius 2 is 2.29 bits per heavy atom. The molecule has 2 rings (SSSR count). The molecule has 0 aromatic heterocycles. The minimum Gasteiger partial charge on any atom is -0.493 e. The molecule has 0 aliphatic heterocycles. The Labute approximate surface area is 111 Å². The van der Waals surface area contributed by atoms with Crippen molar-refractivity contribution in [3.05, 3.63) is 10.8 Å². The fraction of sp³-hybridized carbons (Fsp3) is 0.667. The Hall–Kier alpha value is -0.480. The Kier molecular flexibility index (Phi) is 4.15. The van der Waals surface area contributed by atoms with E-state index in [0.29, 0.717) is 24.0 Å². The summed E-state index contributed by atoms with van der Waals surface area (Å²) >= 11 is 10.7. The molecular formula is C12H15ClFNOS. The van der Waals surface area contributed by atoms with Gasteiger partial charge in [0.25, 0.3) is 0 Å². The maximum absolute atomic E-state index is 13.9. The molecule has 2 unspecified atom stereocenters. The molecule has 0 spiro atoms. The molecule has 94 valence electrons. The van der Waals surface area contributed by atoms with Crippen molar-refractivity contribution < 1.29 is 9.13 Å². The minimum atomic E-state index is -1.20. The van der Waals surface area contributed by atoms with Gasteiger partial charge in [-0.05, 0) is 31.6 Å². The predicted octanol–water partition coefficient (Wildman–Crippen LogP) is 3.63. The molecular weight excluding hydrogens is 261 g/mol. The molecule has 0 aromatic carbocycles. The van der Waals surface area contributed by atoms with Crippen LogP contribution in [0.4, 0.5) is 4.39 Å². The molecule has 2 aliphatic rings. The van der Waals surface area contributed by atoms with E-state index < -0.39 is 6.17 Å². The number of nitrogens with one attached hydrogen (secondary N) is 1. The van der Waals surface area contributed by atoms with Crippen LogP contribution in [0.5, 0.6) is 0 Å². The molecule has 2 aliphatic carbocycles. The summed E-state index contributed by atoms with van der Waals surface area (Å²) in [5.41, 5.74) is 0.280. The van der Waals surface area contributed by atoms with Gasteiger partial charge < -0.3 is 10.1 Å². The third-order valence-corrected chi connectivity index (χ3v) is 3.80. The summed E-state index contributed by atoms with van der Waals surface area (Å²) in [5, 5.41) is 9.31. The van der Waals surface area contributed by atoms with Crippen molar-refractivity contribution in [1.82, 2.24) is 0 Å². The van der Waals surface area contributed by atoms with Crippen LogP contribution in [0, 0.1) is 17.2 Å². The number of thiocarbonyl (C=S) groups is 1. The van der Waals surface area contributed by atoms with Crippen LogP contribution < -0.4 is 0 Å². The van der Waals surface area contributed by atoms with E-state index in [9.17, 15) is 4.39 Å². The molecule has 1 saturated carbocycles. The summed E-state index contributed by atoms with van der Waals surface area (Å²) < 4.78 is 19.4. The Morgan fingerprint density at radius 1 is 1.59 bits per heavy atom. The molecule has 0 heterocycles. The summed E-state index contributed by atoms with van der Waals surface area (Å²) in [6, 6.07) is 0. The third kappa shape index (κ3) is 3.26. The van der Waals surface area contributed by atoms with Crippen LogP contribution in [0.1, 0.15) is 25.7 Å². The van der Waals surface area contributed by atoms with Crippen LogP contribution >= 0.6 is 23.8 Å². The van der Waals surface area contributed by atoms with Gasteiger partial charge in [0, 0.05) is 17.0 Å². The number of allylic oxidation sites excluding steroid dienone is 2. The van der Waals surface area contributed by atoms with E-state index in [-0.39, 0.29) is 23.8 Å². The Bertz CT molecular complexity index is 368. The molecule has 1 fully saturated rings. The monoisotopic (exact) mass is 275 g/mol. The van der Waals surface area contributed by atoms with Crippen molar-refractivity contribution in [2.75, 3.05) is 6.61 Å². The lowest BCUT2D eigenvalue weighted by molar-refractivity contribution is 0.128. The molecule has 2 atom stereocenters. The van der Waals surface area contributed by atoms with E-state index in [1.807, 2.05) is 0 Å². The molecule has 0 radical (unpaired) electrons. The predicted molar refractivity (Wildman–Crippen MR) is 70.6 cm³/mol. The fourth-order valence-corrected chi connectivity index (χ4v) is 2.47. The average molecular weight is 276 g/mol. The maximum Gasteiger partial charge on any atom is 0.159 e. The fourth-order valence-electron chi connectivity index (χ4n) is 1.92. The van der Waals surface area contributed by atoms with Crippen LogP contribution in [0.2, 0.25) is 0 Å². The van der Waals surface area contributed by atoms with Crippen molar-refractivity contribution in [2.24, 2.45) is 11.8 Å². The standard InChI is InChI=1S/C12H15ClFNOS/c13-9-3-8(11(15)6-17)4-10(14)12(9)16-5-7-1-2-7/h6-8,10,15H,1-5H2. The highest BCUT2D eigenvalue weighted by molar-refractivity contribution is 7.80. The largest absolute Gasteiger partial charge is 0.493 e. The lowest BCUT2D eigenvalue weighted by atomic mass is 9.88. The van der Waals surface area contributed by atoms with Crippen molar-refractivity contribution in [3.8, 4) is 0 Å². The highest BCUT2D eigenvalue weighted by Crippen LogP contribution is 2.37. The zero-order valence-electron chi connectivity index (χ0n) is 9.42. The summed E-state index contributed by atoms with van der Waals surface area (Å²) in [4.78, 5) is 0. The van der Waals surface area contributed by atoms with Crippen molar-refractivity contribution in [2.45, 2.75) is 31.9 Å². The number of halogens is 2. The van der Waals surface area contributed by atoms with Gasteiger partial charge in [0.2, 0.25) is 0 Å². The SMILES string of the molecule is N=C(C=S)C1CC(Cl)=C(OCC2CC2)C(F)C1. The van der Waals surface area contributed by atoms with E-state index in [1.165, 1.54) is 18.2 Å². The van der Waals surface area contributed by atoms with Crippen LogP contribution in [0.3, 0.4) is 0 Å². The summed E-state index contributed by atoms with van der Waals surface area (Å²) in [5.74, 6) is 0.659. The molecule has 0 aromatic rings. The lowest BCUT2D eigenvalue weighted by Crippen LogP contribution is -2.26. The van der Waals surface area contributed by atoms with E-state index in [0.717, 1.165) is 0 Å². The second-order valence-corrected chi connectivity index (χ2v) is 5.39. The van der Waals surface area contributed by atoms with Gasteiger partial charge in [0.1, 0.15) is 5.76 Å². The van der Waals surface area contributed by atoms with Gasteiger partial charge in [-0.3, -0.25) is 0 Å². The molecule has 17 heavy (non-hydrogen) atoms. The van der Waals surface area contributed by atoms with Crippen molar-refractivity contribution in [1.29, 1.82) is 5.41 Å². The summed E-state index contributed by atoms with van der Waals surface area (Å²) in [7, 11) is 0. The second-order valence-electron chi connectivity index (χ2n) is 4.70. The second kappa shape index (κ2) is 5.44. The molecule has 5 heteroatoms. The van der Waals surface area contributed by atoms with Crippen LogP contribution in [0.15, 0.2) is 10.8 Å². The number of alkyl halides is 1. The smallest absolute Gasteiger partial charge is 0.159 e. The van der Waals surface area contributed by atoms with E-state index in [1.54, 1.807) is 0 Å². The van der Waals surface area contributed by atoms with Crippen LogP contribution in [-0.4, -0.2) is 23.9 Å². The van der Waals surface area contributed by atoms with Gasteiger partial charge in [-0.15, -0.1) is 0 Å². The first-order valence-electron chi connectivity index (χ1n) is 5.80. The van der Waals surface area contributed by atoms with Crippen molar-refractivity contribution in [3.63, 3.8) is 0 Å². The first-order valence-corrected chi connectivity index (χ1v) is 6.65. The van der Waals surface area contributed by atoms with Gasteiger partial charge in [0.15, 0.2) is 6.17 Å².